The Hall–Kier alpha value is -3.21. The van der Waals surface area contributed by atoms with Crippen molar-refractivity contribution < 1.29 is 4.74 Å². The van der Waals surface area contributed by atoms with E-state index in [9.17, 15) is 0 Å². The molecule has 4 aromatic rings. The lowest BCUT2D eigenvalue weighted by atomic mass is 10.1. The van der Waals surface area contributed by atoms with Gasteiger partial charge in [-0.25, -0.2) is 9.50 Å². The van der Waals surface area contributed by atoms with Crippen LogP contribution in [-0.4, -0.2) is 26.7 Å². The van der Waals surface area contributed by atoms with Crippen molar-refractivity contribution in [2.24, 2.45) is 0 Å². The van der Waals surface area contributed by atoms with Gasteiger partial charge in [0.1, 0.15) is 5.75 Å². The average Bonchev–Trinajstić information content (AvgIpc) is 2.97. The van der Waals surface area contributed by atoms with Crippen molar-refractivity contribution in [3.05, 3.63) is 65.6 Å². The van der Waals surface area contributed by atoms with Crippen molar-refractivity contribution in [1.29, 1.82) is 0 Å². The number of nitrogens with zero attached hydrogens (tertiary/aromatic N) is 4. The molecule has 3 heterocycles. The van der Waals surface area contributed by atoms with E-state index in [1.54, 1.807) is 7.11 Å². The van der Waals surface area contributed by atoms with Gasteiger partial charge >= 0.3 is 0 Å². The Morgan fingerprint density at radius 1 is 0.923 bits per heavy atom. The molecule has 130 valence electrons. The first-order valence-electron chi connectivity index (χ1n) is 8.51. The number of aryl methyl sites for hydroxylation is 3. The van der Waals surface area contributed by atoms with Gasteiger partial charge in [0.25, 0.3) is 0 Å². The molecule has 3 aromatic heterocycles. The Kier molecular flexibility index (Phi) is 3.92. The molecule has 0 saturated heterocycles. The van der Waals surface area contributed by atoms with Gasteiger partial charge < -0.3 is 4.74 Å². The summed E-state index contributed by atoms with van der Waals surface area (Å²) in [5.74, 6) is 0.875. The van der Waals surface area contributed by atoms with Gasteiger partial charge in [-0.1, -0.05) is 0 Å². The van der Waals surface area contributed by atoms with Crippen molar-refractivity contribution in [1.82, 2.24) is 19.6 Å². The van der Waals surface area contributed by atoms with E-state index in [-0.39, 0.29) is 0 Å². The number of fused-ring (bicyclic) bond motifs is 1. The predicted octanol–water partition coefficient (Wildman–Crippen LogP) is 4.39. The molecule has 0 aliphatic heterocycles. The van der Waals surface area contributed by atoms with Gasteiger partial charge in [-0.05, 0) is 68.8 Å². The number of hydrogen-bond donors (Lipinski definition) is 0. The highest BCUT2D eigenvalue weighted by Crippen LogP contribution is 2.28. The highest BCUT2D eigenvalue weighted by molar-refractivity contribution is 5.68. The maximum atomic E-state index is 5.35. The van der Waals surface area contributed by atoms with Crippen molar-refractivity contribution in [2.45, 2.75) is 20.8 Å². The molecule has 5 nitrogen and oxygen atoms in total. The van der Waals surface area contributed by atoms with Crippen LogP contribution in [-0.2, 0) is 0 Å². The van der Waals surface area contributed by atoms with Gasteiger partial charge in [0.2, 0.25) is 0 Å². The molecule has 0 unspecified atom stereocenters. The Bertz CT molecular complexity index is 1100. The summed E-state index contributed by atoms with van der Waals surface area (Å²) < 4.78 is 7.25. The molecule has 0 saturated carbocycles. The predicted molar refractivity (Wildman–Crippen MR) is 102 cm³/mol. The second kappa shape index (κ2) is 6.26. The van der Waals surface area contributed by atoms with Gasteiger partial charge in [0.15, 0.2) is 5.65 Å². The van der Waals surface area contributed by atoms with Gasteiger partial charge in [-0.15, -0.1) is 0 Å². The first-order valence-corrected chi connectivity index (χ1v) is 8.51. The first kappa shape index (κ1) is 16.3. The number of pyridine rings is 1. The molecular weight excluding hydrogens is 324 g/mol. The zero-order valence-corrected chi connectivity index (χ0v) is 15.3. The zero-order valence-electron chi connectivity index (χ0n) is 15.3. The summed E-state index contributed by atoms with van der Waals surface area (Å²) in [7, 11) is 1.68. The minimum absolute atomic E-state index is 0.826. The number of hydrogen-bond acceptors (Lipinski definition) is 4. The lowest BCUT2D eigenvalue weighted by Gasteiger charge is -2.08. The summed E-state index contributed by atoms with van der Waals surface area (Å²) in [6.45, 7) is 6.01. The average molecular weight is 344 g/mol. The zero-order chi connectivity index (χ0) is 18.3. The third kappa shape index (κ3) is 2.71. The fourth-order valence-corrected chi connectivity index (χ4v) is 3.17. The first-order chi connectivity index (χ1) is 12.6. The summed E-state index contributed by atoms with van der Waals surface area (Å²) in [4.78, 5) is 9.06. The highest BCUT2D eigenvalue weighted by Gasteiger charge is 2.14. The smallest absolute Gasteiger partial charge is 0.154 e. The Morgan fingerprint density at radius 3 is 2.42 bits per heavy atom. The van der Waals surface area contributed by atoms with E-state index in [1.807, 2.05) is 61.8 Å². The van der Waals surface area contributed by atoms with Crippen LogP contribution in [0.2, 0.25) is 0 Å². The maximum Gasteiger partial charge on any atom is 0.154 e. The van der Waals surface area contributed by atoms with E-state index in [2.05, 4.69) is 22.1 Å². The van der Waals surface area contributed by atoms with Gasteiger partial charge in [-0.2, -0.15) is 5.10 Å². The normalized spacial score (nSPS) is 11.1. The van der Waals surface area contributed by atoms with Crippen molar-refractivity contribution in [3.63, 3.8) is 0 Å². The molecule has 0 atom stereocenters. The highest BCUT2D eigenvalue weighted by atomic mass is 16.5. The second-order valence-electron chi connectivity index (χ2n) is 6.41. The molecule has 4 rings (SSSR count). The number of aromatic nitrogens is 4. The van der Waals surface area contributed by atoms with Crippen LogP contribution in [0.4, 0.5) is 0 Å². The van der Waals surface area contributed by atoms with Crippen LogP contribution in [0.1, 0.15) is 17.0 Å². The number of imidazole rings is 1. The van der Waals surface area contributed by atoms with E-state index in [0.29, 0.717) is 0 Å². The lowest BCUT2D eigenvalue weighted by molar-refractivity contribution is 0.412. The molecule has 0 N–H and O–H groups in total. The molecule has 0 amide bonds. The lowest BCUT2D eigenvalue weighted by Crippen LogP contribution is -1.98. The fraction of sp³-hybridized carbons (Fsp3) is 0.190. The Balaban J connectivity index is 1.88. The van der Waals surface area contributed by atoms with E-state index in [4.69, 9.17) is 9.84 Å². The van der Waals surface area contributed by atoms with Crippen LogP contribution in [0.25, 0.3) is 28.2 Å². The van der Waals surface area contributed by atoms with E-state index in [1.165, 1.54) is 0 Å². The second-order valence-corrected chi connectivity index (χ2v) is 6.41. The maximum absolute atomic E-state index is 5.35. The van der Waals surface area contributed by atoms with Crippen LogP contribution in [0.3, 0.4) is 0 Å². The van der Waals surface area contributed by atoms with Crippen molar-refractivity contribution in [3.8, 4) is 28.3 Å². The molecule has 0 spiro atoms. The number of rotatable bonds is 3. The molecule has 0 aliphatic rings. The number of benzene rings is 1. The molecule has 0 fully saturated rings. The van der Waals surface area contributed by atoms with Crippen LogP contribution in [0.5, 0.6) is 5.75 Å². The molecule has 0 aliphatic carbocycles. The van der Waals surface area contributed by atoms with E-state index < -0.39 is 0 Å². The summed E-state index contributed by atoms with van der Waals surface area (Å²) in [5, 5.41) is 4.85. The summed E-state index contributed by atoms with van der Waals surface area (Å²) in [6, 6.07) is 14.1. The van der Waals surface area contributed by atoms with Crippen LogP contribution < -0.4 is 4.74 Å². The number of ether oxygens (including phenoxy) is 1. The third-order valence-corrected chi connectivity index (χ3v) is 4.53. The molecule has 26 heavy (non-hydrogen) atoms. The molecule has 5 heteroatoms. The third-order valence-electron chi connectivity index (χ3n) is 4.53. The van der Waals surface area contributed by atoms with Crippen molar-refractivity contribution >= 4 is 5.65 Å². The largest absolute Gasteiger partial charge is 0.496 e. The van der Waals surface area contributed by atoms with Crippen LogP contribution >= 0.6 is 0 Å². The number of methoxy groups -OCH3 is 1. The minimum Gasteiger partial charge on any atom is -0.496 e. The fourth-order valence-electron chi connectivity index (χ4n) is 3.17. The summed E-state index contributed by atoms with van der Waals surface area (Å²) in [5.41, 5.74) is 7.75. The van der Waals surface area contributed by atoms with Gasteiger partial charge in [0, 0.05) is 23.0 Å². The van der Waals surface area contributed by atoms with E-state index >= 15 is 0 Å². The molecule has 1 aromatic carbocycles. The van der Waals surface area contributed by atoms with Crippen LogP contribution in [0, 0.1) is 20.8 Å². The topological polar surface area (TPSA) is 52.3 Å². The standard InChI is InChI=1S/C21H20N4O/c1-13-11-16(7-9-19(13)26-4)18-8-10-20-23-15(3)21(25(20)24-18)17-6-5-14(2)22-12-17/h5-12H,1-4H3. The molecular formula is C21H20N4O. The summed E-state index contributed by atoms with van der Waals surface area (Å²) >= 11 is 0. The molecule has 0 bridgehead atoms. The summed E-state index contributed by atoms with van der Waals surface area (Å²) in [6.07, 6.45) is 1.87. The minimum atomic E-state index is 0.826. The van der Waals surface area contributed by atoms with Gasteiger partial charge in [-0.3, -0.25) is 4.98 Å². The SMILES string of the molecule is COc1ccc(-c2ccc3nc(C)c(-c4ccc(C)nc4)n3n2)cc1C. The molecule has 0 radical (unpaired) electrons. The monoisotopic (exact) mass is 344 g/mol. The van der Waals surface area contributed by atoms with E-state index in [0.717, 1.165) is 50.9 Å². The van der Waals surface area contributed by atoms with Crippen LogP contribution in [0.15, 0.2) is 48.7 Å². The Labute approximate surface area is 152 Å². The quantitative estimate of drug-likeness (QED) is 0.553. The Morgan fingerprint density at radius 2 is 1.73 bits per heavy atom. The van der Waals surface area contributed by atoms with Gasteiger partial charge in [0.05, 0.1) is 24.2 Å². The van der Waals surface area contributed by atoms with Crippen molar-refractivity contribution in [2.75, 3.05) is 7.11 Å².